The van der Waals surface area contributed by atoms with Gasteiger partial charge >= 0.3 is 0 Å². The highest BCUT2D eigenvalue weighted by molar-refractivity contribution is 5.76. The molecule has 0 aromatic carbocycles. The normalized spacial score (nSPS) is 15.5. The van der Waals surface area contributed by atoms with Crippen molar-refractivity contribution in [2.75, 3.05) is 32.8 Å². The Morgan fingerprint density at radius 3 is 1.75 bits per heavy atom. The van der Waals surface area contributed by atoms with Crippen LogP contribution in [0.1, 0.15) is 97.3 Å². The first-order valence-electron chi connectivity index (χ1n) is 14.1. The molecule has 2 amide bonds. The molecule has 0 bridgehead atoms. The lowest BCUT2D eigenvalue weighted by Crippen LogP contribution is -2.31. The minimum Gasteiger partial charge on any atom is -0.395 e. The maximum atomic E-state index is 11.9. The Balaban J connectivity index is 2.31. The number of nitriles is 2. The van der Waals surface area contributed by atoms with Gasteiger partial charge in [0, 0.05) is 38.5 Å². The number of amides is 2. The van der Waals surface area contributed by atoms with E-state index in [4.69, 9.17) is 10.5 Å². The highest BCUT2D eigenvalue weighted by Crippen LogP contribution is 2.28. The summed E-state index contributed by atoms with van der Waals surface area (Å²) >= 11 is 0. The van der Waals surface area contributed by atoms with Gasteiger partial charge in [0.25, 0.3) is 0 Å². The maximum Gasteiger partial charge on any atom is 0.220 e. The molecule has 8 nitrogen and oxygen atoms in total. The number of hydrogen-bond donors (Lipinski definition) is 3. The first-order chi connectivity index (χ1) is 17.4. The van der Waals surface area contributed by atoms with E-state index in [1.807, 2.05) is 0 Å². The van der Waals surface area contributed by atoms with Gasteiger partial charge in [0.15, 0.2) is 0 Å². The molecule has 1 aliphatic rings. The minimum absolute atomic E-state index is 0.0313. The summed E-state index contributed by atoms with van der Waals surface area (Å²) in [4.78, 5) is 26.3. The number of rotatable bonds is 22. The monoisotopic (exact) mass is 503 g/mol. The van der Waals surface area contributed by atoms with Crippen molar-refractivity contribution in [1.29, 1.82) is 10.5 Å². The van der Waals surface area contributed by atoms with Crippen LogP contribution in [0.3, 0.4) is 0 Å². The fourth-order valence-electron chi connectivity index (χ4n) is 4.42. The predicted molar refractivity (Wildman–Crippen MR) is 142 cm³/mol. The number of aliphatic hydroxyl groups excluding tert-OH is 1. The van der Waals surface area contributed by atoms with Crippen LogP contribution in [0.4, 0.5) is 0 Å². The first-order valence-corrected chi connectivity index (χ1v) is 14.1. The van der Waals surface area contributed by atoms with Gasteiger partial charge in [-0.3, -0.25) is 14.5 Å². The van der Waals surface area contributed by atoms with E-state index in [0.29, 0.717) is 37.9 Å². The van der Waals surface area contributed by atoms with E-state index in [1.165, 1.54) is 12.8 Å². The molecule has 0 aromatic heterocycles. The fraction of sp³-hybridized carbons (Fsp3) is 0.857. The molecule has 2 atom stereocenters. The lowest BCUT2D eigenvalue weighted by atomic mass is 9.91. The molecule has 0 radical (unpaired) electrons. The summed E-state index contributed by atoms with van der Waals surface area (Å²) in [5.41, 5.74) is 0. The quantitative estimate of drug-likeness (QED) is 0.192. The van der Waals surface area contributed by atoms with Crippen LogP contribution in [0, 0.1) is 40.4 Å². The Hall–Kier alpha value is -2.16. The van der Waals surface area contributed by atoms with Crippen LogP contribution in [0.25, 0.3) is 0 Å². The standard InChI is InChI=1S/C28H49N5O3/c1-23(19-29)21-31-27(35)11-7-3-5-9-25(15-16-33(17-18-34)26-13-14-26)10-6-4-8-12-28(36)32-22-24(2)20-30/h23-26,34H,3-18,21-22H2,1-2H3,(H,31,35)(H,32,36). The number of carbonyl (C=O) groups is 2. The average Bonchev–Trinajstić information content (AvgIpc) is 3.72. The fourth-order valence-corrected chi connectivity index (χ4v) is 4.42. The number of nitrogens with one attached hydrogen (secondary N) is 2. The van der Waals surface area contributed by atoms with E-state index in [0.717, 1.165) is 70.9 Å². The summed E-state index contributed by atoms with van der Waals surface area (Å²) in [6.45, 7) is 6.46. The molecule has 0 saturated heterocycles. The van der Waals surface area contributed by atoms with E-state index in [9.17, 15) is 14.7 Å². The van der Waals surface area contributed by atoms with Crippen LogP contribution in [0.2, 0.25) is 0 Å². The number of carbonyl (C=O) groups excluding carboxylic acids is 2. The molecule has 204 valence electrons. The van der Waals surface area contributed by atoms with Crippen molar-refractivity contribution in [2.24, 2.45) is 17.8 Å². The number of unbranched alkanes of at least 4 members (excludes halogenated alkanes) is 4. The Kier molecular flexibility index (Phi) is 17.7. The lowest BCUT2D eigenvalue weighted by molar-refractivity contribution is -0.122. The number of nitrogens with zero attached hydrogens (tertiary/aromatic N) is 3. The largest absolute Gasteiger partial charge is 0.395 e. The summed E-state index contributed by atoms with van der Waals surface area (Å²) in [6, 6.07) is 4.91. The zero-order chi connectivity index (χ0) is 26.6. The smallest absolute Gasteiger partial charge is 0.220 e. The van der Waals surface area contributed by atoms with E-state index in [2.05, 4.69) is 27.7 Å². The Labute approximate surface area is 218 Å². The summed E-state index contributed by atoms with van der Waals surface area (Å²) in [6.07, 6.45) is 13.0. The molecule has 2 unspecified atom stereocenters. The van der Waals surface area contributed by atoms with Gasteiger partial charge in [0.2, 0.25) is 11.8 Å². The third-order valence-corrected chi connectivity index (χ3v) is 6.96. The molecule has 3 N–H and O–H groups in total. The summed E-state index contributed by atoms with van der Waals surface area (Å²) in [5, 5.41) is 32.7. The van der Waals surface area contributed by atoms with Crippen molar-refractivity contribution in [3.8, 4) is 12.1 Å². The predicted octanol–water partition coefficient (Wildman–Crippen LogP) is 3.90. The van der Waals surface area contributed by atoms with Crippen molar-refractivity contribution < 1.29 is 14.7 Å². The topological polar surface area (TPSA) is 129 Å². The second-order valence-electron chi connectivity index (χ2n) is 10.5. The molecular weight excluding hydrogens is 454 g/mol. The van der Waals surface area contributed by atoms with Crippen molar-refractivity contribution in [2.45, 2.75) is 103 Å². The van der Waals surface area contributed by atoms with Crippen LogP contribution >= 0.6 is 0 Å². The third kappa shape index (κ3) is 16.5. The Morgan fingerprint density at radius 2 is 1.33 bits per heavy atom. The average molecular weight is 504 g/mol. The van der Waals surface area contributed by atoms with E-state index in [-0.39, 0.29) is 30.3 Å². The first kappa shape index (κ1) is 31.9. The van der Waals surface area contributed by atoms with Crippen LogP contribution in [-0.2, 0) is 9.59 Å². The molecule has 1 fully saturated rings. The van der Waals surface area contributed by atoms with Gasteiger partial charge in [-0.1, -0.05) is 38.5 Å². The molecule has 1 saturated carbocycles. The van der Waals surface area contributed by atoms with Crippen LogP contribution in [-0.4, -0.2) is 60.6 Å². The molecule has 0 spiro atoms. The highest BCUT2D eigenvalue weighted by Gasteiger charge is 2.28. The summed E-state index contributed by atoms with van der Waals surface area (Å²) < 4.78 is 0. The molecule has 1 rings (SSSR count). The van der Waals surface area contributed by atoms with Gasteiger partial charge < -0.3 is 15.7 Å². The Morgan fingerprint density at radius 1 is 0.833 bits per heavy atom. The summed E-state index contributed by atoms with van der Waals surface area (Å²) in [5.74, 6) is 0.378. The zero-order valence-electron chi connectivity index (χ0n) is 22.6. The molecule has 0 aromatic rings. The van der Waals surface area contributed by atoms with Gasteiger partial charge in [-0.2, -0.15) is 10.5 Å². The van der Waals surface area contributed by atoms with Gasteiger partial charge in [-0.05, 0) is 58.4 Å². The van der Waals surface area contributed by atoms with Crippen molar-refractivity contribution in [1.82, 2.24) is 15.5 Å². The molecule has 8 heteroatoms. The third-order valence-electron chi connectivity index (χ3n) is 6.96. The van der Waals surface area contributed by atoms with Crippen molar-refractivity contribution in [3.05, 3.63) is 0 Å². The second-order valence-corrected chi connectivity index (χ2v) is 10.5. The van der Waals surface area contributed by atoms with Crippen molar-refractivity contribution in [3.63, 3.8) is 0 Å². The molecule has 0 aliphatic heterocycles. The molecular formula is C28H49N5O3. The van der Waals surface area contributed by atoms with E-state index >= 15 is 0 Å². The minimum atomic E-state index is -0.155. The van der Waals surface area contributed by atoms with Crippen LogP contribution in [0.5, 0.6) is 0 Å². The van der Waals surface area contributed by atoms with Crippen LogP contribution < -0.4 is 10.6 Å². The maximum absolute atomic E-state index is 11.9. The van der Waals surface area contributed by atoms with Crippen LogP contribution in [0.15, 0.2) is 0 Å². The van der Waals surface area contributed by atoms with Gasteiger partial charge in [0.05, 0.1) is 30.6 Å². The van der Waals surface area contributed by atoms with Crippen molar-refractivity contribution >= 4 is 11.8 Å². The van der Waals surface area contributed by atoms with Gasteiger partial charge in [-0.25, -0.2) is 0 Å². The lowest BCUT2D eigenvalue weighted by Gasteiger charge is -2.24. The SMILES string of the molecule is CC(C#N)CNC(=O)CCCCCC(CCCCCC(=O)NCC(C)C#N)CCN(CCO)C1CC1. The molecule has 36 heavy (non-hydrogen) atoms. The zero-order valence-corrected chi connectivity index (χ0v) is 22.6. The number of aliphatic hydroxyl groups is 1. The second kappa shape index (κ2) is 20.0. The highest BCUT2D eigenvalue weighted by atomic mass is 16.3. The van der Waals surface area contributed by atoms with E-state index < -0.39 is 0 Å². The summed E-state index contributed by atoms with van der Waals surface area (Å²) in [7, 11) is 0. The molecule has 0 heterocycles. The number of hydrogen-bond acceptors (Lipinski definition) is 6. The van der Waals surface area contributed by atoms with Gasteiger partial charge in [0.1, 0.15) is 0 Å². The van der Waals surface area contributed by atoms with Gasteiger partial charge in [-0.15, -0.1) is 0 Å². The Bertz CT molecular complexity index is 652. The van der Waals surface area contributed by atoms with E-state index in [1.54, 1.807) is 13.8 Å². The molecule has 1 aliphatic carbocycles.